The third kappa shape index (κ3) is 13.9. The van der Waals surface area contributed by atoms with E-state index in [9.17, 15) is 18.0 Å². The Morgan fingerprint density at radius 1 is 0.890 bits per heavy atom. The number of nitrogen functional groups attached to an aromatic ring is 2. The zero-order valence-corrected chi connectivity index (χ0v) is 41.2. The maximum atomic E-state index is 13.4. The number of benzene rings is 4. The van der Waals surface area contributed by atoms with Gasteiger partial charge in [0.05, 0.1) is 105 Å². The fourth-order valence-electron chi connectivity index (χ4n) is 7.86. The molecule has 0 unspecified atom stereocenters. The van der Waals surface area contributed by atoms with Crippen molar-refractivity contribution < 1.29 is 46.2 Å². The molecule has 0 aliphatic rings. The van der Waals surface area contributed by atoms with E-state index in [2.05, 4.69) is 42.9 Å². The molecule has 73 heavy (non-hydrogen) atoms. The number of alkyl halides is 3. The normalized spacial score (nSPS) is 11.3. The first-order valence-corrected chi connectivity index (χ1v) is 23.5. The number of carbonyl (C=O) groups is 1. The molecule has 0 aliphatic carbocycles. The van der Waals surface area contributed by atoms with Gasteiger partial charge in [-0.15, -0.1) is 5.10 Å². The smallest absolute Gasteiger partial charge is 0.406 e. The van der Waals surface area contributed by atoms with Crippen LogP contribution in [0.2, 0.25) is 0 Å². The quantitative estimate of drug-likeness (QED) is 0.0289. The van der Waals surface area contributed by atoms with Gasteiger partial charge in [-0.25, -0.2) is 9.67 Å². The van der Waals surface area contributed by atoms with Crippen molar-refractivity contribution in [3.05, 3.63) is 120 Å². The summed E-state index contributed by atoms with van der Waals surface area (Å²) in [5.74, 6) is 7.25. The van der Waals surface area contributed by atoms with E-state index in [1.165, 1.54) is 7.11 Å². The van der Waals surface area contributed by atoms with Crippen LogP contribution in [0.1, 0.15) is 42.3 Å². The molecule has 4 aromatic heterocycles. The number of carbonyl (C=O) groups excluding carboxylic acids is 1. The molecule has 6 N–H and O–H groups in total. The highest BCUT2D eigenvalue weighted by Crippen LogP contribution is 2.34. The molecule has 21 heteroatoms. The molecule has 0 saturated carbocycles. The Hall–Kier alpha value is -8.06. The summed E-state index contributed by atoms with van der Waals surface area (Å²) in [5.41, 5.74) is 21.0. The molecule has 0 spiro atoms. The Labute approximate surface area is 419 Å². The zero-order chi connectivity index (χ0) is 51.9. The molecule has 1 amide bonds. The molecule has 4 heterocycles. The second-order valence-electron chi connectivity index (χ2n) is 16.3. The number of hydrogen-bond donors (Lipinski definition) is 4. The van der Waals surface area contributed by atoms with Gasteiger partial charge < -0.3 is 59.4 Å². The Morgan fingerprint density at radius 2 is 1.67 bits per heavy atom. The average molecular weight is 1010 g/mol. The van der Waals surface area contributed by atoms with Crippen molar-refractivity contribution in [1.82, 2.24) is 39.6 Å². The Balaban J connectivity index is 0.00000385. The lowest BCUT2D eigenvalue weighted by molar-refractivity contribution is -0.140. The van der Waals surface area contributed by atoms with E-state index < -0.39 is 12.7 Å². The first-order valence-electron chi connectivity index (χ1n) is 23.5. The van der Waals surface area contributed by atoms with Crippen LogP contribution in [0.25, 0.3) is 38.8 Å². The van der Waals surface area contributed by atoms with E-state index in [-0.39, 0.29) is 31.4 Å². The number of nitrogens with one attached hydrogen (secondary N) is 2. The van der Waals surface area contributed by atoms with Crippen LogP contribution >= 0.6 is 0 Å². The van der Waals surface area contributed by atoms with Crippen molar-refractivity contribution >= 4 is 44.9 Å². The third-order valence-corrected chi connectivity index (χ3v) is 11.2. The van der Waals surface area contributed by atoms with Gasteiger partial charge in [-0.1, -0.05) is 48.3 Å². The molecule has 8 aromatic rings. The molecule has 0 saturated heterocycles. The van der Waals surface area contributed by atoms with Crippen molar-refractivity contribution in [3.8, 4) is 40.2 Å². The van der Waals surface area contributed by atoms with Crippen molar-refractivity contribution in [2.24, 2.45) is 0 Å². The number of aryl methyl sites for hydroxylation is 2. The maximum absolute atomic E-state index is 13.4. The van der Waals surface area contributed by atoms with Crippen LogP contribution in [-0.2, 0) is 38.7 Å². The van der Waals surface area contributed by atoms with Crippen LogP contribution in [0.4, 0.5) is 30.2 Å². The van der Waals surface area contributed by atoms with Gasteiger partial charge >= 0.3 is 6.18 Å². The number of halogens is 3. The number of anilines is 3. The minimum Gasteiger partial charge on any atom is -0.495 e. The van der Waals surface area contributed by atoms with Crippen molar-refractivity contribution in [2.45, 2.75) is 53.6 Å². The molecule has 8 rings (SSSR count). The summed E-state index contributed by atoms with van der Waals surface area (Å²) < 4.78 is 78.5. The average Bonchev–Trinajstić information content (AvgIpc) is 4.18. The van der Waals surface area contributed by atoms with Crippen LogP contribution < -0.4 is 31.6 Å². The number of fused-ring (bicyclic) bond motifs is 2. The van der Waals surface area contributed by atoms with Crippen molar-refractivity contribution in [1.29, 1.82) is 0 Å². The fraction of sp³-hybridized carbons (Fsp3) is 0.327. The molecule has 0 bridgehead atoms. The fourth-order valence-corrected chi connectivity index (χ4v) is 7.86. The van der Waals surface area contributed by atoms with Crippen LogP contribution in [0.5, 0.6) is 11.5 Å². The highest BCUT2D eigenvalue weighted by atomic mass is 19.4. The summed E-state index contributed by atoms with van der Waals surface area (Å²) in [4.78, 5) is 17.0. The van der Waals surface area contributed by atoms with Gasteiger partial charge in [0.15, 0.2) is 6.61 Å². The summed E-state index contributed by atoms with van der Waals surface area (Å²) in [6.07, 6.45) is -0.944. The third-order valence-electron chi connectivity index (χ3n) is 11.2. The molecule has 18 nitrogen and oxygen atoms in total. The second-order valence-corrected chi connectivity index (χ2v) is 16.3. The lowest BCUT2D eigenvalue weighted by Gasteiger charge is -2.11. The van der Waals surface area contributed by atoms with Gasteiger partial charge in [-0.3, -0.25) is 4.79 Å². The van der Waals surface area contributed by atoms with E-state index in [4.69, 9.17) is 39.7 Å². The van der Waals surface area contributed by atoms with Crippen LogP contribution in [0.3, 0.4) is 0 Å². The number of ether oxygens (including phenoxy) is 5. The standard InChI is InChI=1S/C50H52F3N11O7.C2H6/c1-32-48(33(2)71-60-32)35-22-42(55)49-45(23-35)62(31-58-49)26-34-7-4-9-39(21-34)70-29-47(65)57-15-16-67-17-18-68-19-20-69-28-36-27-64(61-59-36)38-12-13-43(46(25-38)66-3)56-14-6-8-37-24-40-41(54)10-5-11-44(40)63(37)30-50(51,52)53;1-2/h4-5,7,9-13,21-25,27,31,56H,14-20,26,28-30,54-55H2,1-3H3,(H,57,65);1-2H3. The number of amides is 1. The molecule has 0 atom stereocenters. The SMILES string of the molecule is CC.COc1cc(-n2cc(COCCOCCOCCNC(=O)COc3cccc(Cn4cnc5c(N)cc(-c6c(C)noc6C)cc54)c3)nn2)ccc1NCC#Cc1cc2c(N)cccc2n1CC(F)(F)F. The lowest BCUT2D eigenvalue weighted by atomic mass is 10.0. The summed E-state index contributed by atoms with van der Waals surface area (Å²) in [5, 5.41) is 18.9. The first-order chi connectivity index (χ1) is 35.3. The Bertz CT molecular complexity index is 3170. The van der Waals surface area contributed by atoms with Crippen molar-refractivity contribution in [3.63, 3.8) is 0 Å². The van der Waals surface area contributed by atoms with Gasteiger partial charge in [0, 0.05) is 35.8 Å². The van der Waals surface area contributed by atoms with E-state index in [0.29, 0.717) is 108 Å². The largest absolute Gasteiger partial charge is 0.495 e. The number of methoxy groups -OCH3 is 1. The number of nitrogens with zero attached hydrogens (tertiary/aromatic N) is 7. The summed E-state index contributed by atoms with van der Waals surface area (Å²) >= 11 is 0. The minimum absolute atomic E-state index is 0.134. The molecular formula is C52H58F3N11O7. The zero-order valence-electron chi connectivity index (χ0n) is 41.2. The van der Waals surface area contributed by atoms with Gasteiger partial charge in [0.2, 0.25) is 0 Å². The summed E-state index contributed by atoms with van der Waals surface area (Å²) in [6, 6.07) is 23.2. The number of nitrogens with two attached hydrogens (primary N) is 2. The molecular weight excluding hydrogens is 948 g/mol. The van der Waals surface area contributed by atoms with Crippen LogP contribution in [-0.4, -0.2) is 106 Å². The molecule has 0 radical (unpaired) electrons. The molecule has 0 aliphatic heterocycles. The van der Waals surface area contributed by atoms with E-state index >= 15 is 0 Å². The van der Waals surface area contributed by atoms with Gasteiger partial charge in [0.1, 0.15) is 35.0 Å². The number of aromatic nitrogens is 7. The molecule has 0 fully saturated rings. The van der Waals surface area contributed by atoms with Gasteiger partial charge in [-0.05, 0) is 85.5 Å². The highest BCUT2D eigenvalue weighted by molar-refractivity contribution is 5.94. The minimum atomic E-state index is -4.43. The highest BCUT2D eigenvalue weighted by Gasteiger charge is 2.30. The van der Waals surface area contributed by atoms with E-state index in [1.54, 1.807) is 59.7 Å². The Morgan fingerprint density at radius 3 is 2.44 bits per heavy atom. The second kappa shape index (κ2) is 24.9. The van der Waals surface area contributed by atoms with Gasteiger partial charge in [-0.2, -0.15) is 13.2 Å². The monoisotopic (exact) mass is 1010 g/mol. The Kier molecular flexibility index (Phi) is 18.0. The lowest BCUT2D eigenvalue weighted by Crippen LogP contribution is -2.31. The summed E-state index contributed by atoms with van der Waals surface area (Å²) in [6.45, 7) is 9.25. The predicted octanol–water partition coefficient (Wildman–Crippen LogP) is 7.86. The predicted molar refractivity (Wildman–Crippen MR) is 271 cm³/mol. The van der Waals surface area contributed by atoms with Crippen molar-refractivity contribution in [2.75, 3.05) is 76.6 Å². The number of hydrogen-bond acceptors (Lipinski definition) is 14. The van der Waals surface area contributed by atoms with Gasteiger partial charge in [0.25, 0.3) is 5.91 Å². The van der Waals surface area contributed by atoms with Crippen LogP contribution in [0, 0.1) is 25.7 Å². The number of rotatable bonds is 22. The van der Waals surface area contributed by atoms with E-state index in [0.717, 1.165) is 32.5 Å². The van der Waals surface area contributed by atoms with E-state index in [1.807, 2.05) is 68.7 Å². The topological polar surface area (TPSA) is 219 Å². The molecule has 384 valence electrons. The molecule has 4 aromatic carbocycles. The number of imidazole rings is 1. The van der Waals surface area contributed by atoms with Crippen LogP contribution in [0.15, 0.2) is 95.9 Å². The first kappa shape index (κ1) is 52.8. The maximum Gasteiger partial charge on any atom is 0.406 e. The summed E-state index contributed by atoms with van der Waals surface area (Å²) in [7, 11) is 1.52.